The van der Waals surface area contributed by atoms with Gasteiger partial charge >= 0.3 is 0 Å². The van der Waals surface area contributed by atoms with Crippen molar-refractivity contribution in [3.05, 3.63) is 53.6 Å². The van der Waals surface area contributed by atoms with Gasteiger partial charge in [-0.15, -0.1) is 0 Å². The molecule has 5 heteroatoms. The zero-order valence-electron chi connectivity index (χ0n) is 12.2. The van der Waals surface area contributed by atoms with Gasteiger partial charge in [0.15, 0.2) is 0 Å². The quantitative estimate of drug-likeness (QED) is 0.786. The highest BCUT2D eigenvalue weighted by Crippen LogP contribution is 2.23. The number of nitrogens with one attached hydrogen (secondary N) is 1. The summed E-state index contributed by atoms with van der Waals surface area (Å²) >= 11 is 6.08. The van der Waals surface area contributed by atoms with Crippen LogP contribution in [0.2, 0.25) is 5.02 Å². The molecule has 4 nitrogen and oxygen atoms in total. The number of imidazole rings is 1. The first kappa shape index (κ1) is 13.5. The van der Waals surface area contributed by atoms with E-state index in [4.69, 9.17) is 11.6 Å². The monoisotopic (exact) mass is 312 g/mol. The molecule has 1 aliphatic heterocycles. The highest BCUT2D eigenvalue weighted by Gasteiger charge is 2.19. The molecule has 0 atom stereocenters. The Balaban J connectivity index is 1.49. The Bertz CT molecular complexity index is 757. The van der Waals surface area contributed by atoms with Crippen molar-refractivity contribution in [3.8, 4) is 0 Å². The minimum Gasteiger partial charge on any atom is -0.368 e. The number of aromatic amines is 1. The molecule has 0 amide bonds. The number of piperazine rings is 1. The van der Waals surface area contributed by atoms with Crippen LogP contribution in [0.25, 0.3) is 11.0 Å². The molecule has 3 aromatic rings. The number of nitrogens with zero attached hydrogens (tertiary/aromatic N) is 3. The highest BCUT2D eigenvalue weighted by molar-refractivity contribution is 6.30. The molecule has 0 unspecified atom stereocenters. The molecule has 1 aromatic heterocycles. The van der Waals surface area contributed by atoms with E-state index in [2.05, 4.69) is 31.9 Å². The fraction of sp³-hybridized carbons (Fsp3) is 0.235. The molecule has 1 fully saturated rings. The van der Waals surface area contributed by atoms with Gasteiger partial charge in [0.2, 0.25) is 5.95 Å². The largest absolute Gasteiger partial charge is 0.368 e. The number of para-hydroxylation sites is 2. The van der Waals surface area contributed by atoms with Crippen LogP contribution in [0.3, 0.4) is 0 Å². The number of benzene rings is 2. The van der Waals surface area contributed by atoms with Gasteiger partial charge in [0.1, 0.15) is 0 Å². The molecule has 2 aromatic carbocycles. The molecule has 1 N–H and O–H groups in total. The maximum absolute atomic E-state index is 6.08. The molecular formula is C17H17ClN4. The molecule has 0 bridgehead atoms. The fourth-order valence-corrected chi connectivity index (χ4v) is 3.12. The second-order valence-corrected chi connectivity index (χ2v) is 5.97. The van der Waals surface area contributed by atoms with E-state index >= 15 is 0 Å². The second kappa shape index (κ2) is 5.54. The molecule has 1 saturated heterocycles. The van der Waals surface area contributed by atoms with Crippen LogP contribution in [-0.2, 0) is 0 Å². The van der Waals surface area contributed by atoms with E-state index in [1.54, 1.807) is 0 Å². The smallest absolute Gasteiger partial charge is 0.203 e. The number of aromatic nitrogens is 2. The third kappa shape index (κ3) is 2.50. The van der Waals surface area contributed by atoms with Crippen molar-refractivity contribution in [1.82, 2.24) is 9.97 Å². The standard InChI is InChI=1S/C17H17ClN4/c18-13-4-3-5-14(12-13)21-8-10-22(11-9-21)17-19-15-6-1-2-7-16(15)20-17/h1-7,12H,8-11H2,(H,19,20). The number of hydrogen-bond donors (Lipinski definition) is 1. The third-order valence-corrected chi connectivity index (χ3v) is 4.36. The summed E-state index contributed by atoms with van der Waals surface area (Å²) in [4.78, 5) is 12.8. The maximum atomic E-state index is 6.08. The Morgan fingerprint density at radius 2 is 1.68 bits per heavy atom. The third-order valence-electron chi connectivity index (χ3n) is 4.13. The van der Waals surface area contributed by atoms with Gasteiger partial charge in [-0.1, -0.05) is 29.8 Å². The molecule has 0 aliphatic carbocycles. The first-order chi connectivity index (χ1) is 10.8. The predicted octanol–water partition coefficient (Wildman–Crippen LogP) is 3.54. The van der Waals surface area contributed by atoms with Crippen LogP contribution in [0, 0.1) is 0 Å². The predicted molar refractivity (Wildman–Crippen MR) is 92.0 cm³/mol. The Morgan fingerprint density at radius 3 is 2.45 bits per heavy atom. The lowest BCUT2D eigenvalue weighted by Crippen LogP contribution is -2.46. The van der Waals surface area contributed by atoms with Gasteiger partial charge in [0.05, 0.1) is 11.0 Å². The van der Waals surface area contributed by atoms with E-state index in [0.29, 0.717) is 0 Å². The van der Waals surface area contributed by atoms with Crippen molar-refractivity contribution in [2.24, 2.45) is 0 Å². The summed E-state index contributed by atoms with van der Waals surface area (Å²) in [7, 11) is 0. The number of fused-ring (bicyclic) bond motifs is 1. The van der Waals surface area contributed by atoms with Crippen LogP contribution in [0.15, 0.2) is 48.5 Å². The molecule has 0 radical (unpaired) electrons. The molecule has 1 aliphatic rings. The average molecular weight is 313 g/mol. The molecule has 112 valence electrons. The van der Waals surface area contributed by atoms with Gasteiger partial charge in [0, 0.05) is 36.9 Å². The first-order valence-corrected chi connectivity index (χ1v) is 7.88. The fourth-order valence-electron chi connectivity index (χ4n) is 2.94. The van der Waals surface area contributed by atoms with Gasteiger partial charge in [0.25, 0.3) is 0 Å². The Hall–Kier alpha value is -2.20. The lowest BCUT2D eigenvalue weighted by molar-refractivity contribution is 0.643. The van der Waals surface area contributed by atoms with Crippen LogP contribution >= 0.6 is 11.6 Å². The summed E-state index contributed by atoms with van der Waals surface area (Å²) < 4.78 is 0. The zero-order chi connectivity index (χ0) is 14.9. The Labute approximate surface area is 134 Å². The van der Waals surface area contributed by atoms with Gasteiger partial charge in [-0.2, -0.15) is 0 Å². The van der Waals surface area contributed by atoms with Crippen LogP contribution in [0.4, 0.5) is 11.6 Å². The normalized spacial score (nSPS) is 15.5. The summed E-state index contributed by atoms with van der Waals surface area (Å²) in [5, 5.41) is 0.789. The van der Waals surface area contributed by atoms with E-state index < -0.39 is 0 Å². The summed E-state index contributed by atoms with van der Waals surface area (Å²) in [6, 6.07) is 16.2. The van der Waals surface area contributed by atoms with Gasteiger partial charge in [-0.05, 0) is 30.3 Å². The maximum Gasteiger partial charge on any atom is 0.203 e. The van der Waals surface area contributed by atoms with Crippen LogP contribution in [0.5, 0.6) is 0 Å². The van der Waals surface area contributed by atoms with Gasteiger partial charge in [-0.3, -0.25) is 0 Å². The summed E-state index contributed by atoms with van der Waals surface area (Å²) in [6.07, 6.45) is 0. The van der Waals surface area contributed by atoms with E-state index in [0.717, 1.165) is 48.2 Å². The van der Waals surface area contributed by atoms with E-state index in [9.17, 15) is 0 Å². The summed E-state index contributed by atoms with van der Waals surface area (Å²) in [6.45, 7) is 3.84. The molecular weight excluding hydrogens is 296 g/mol. The minimum atomic E-state index is 0.789. The molecule has 4 rings (SSSR count). The number of hydrogen-bond acceptors (Lipinski definition) is 3. The number of H-pyrrole nitrogens is 1. The van der Waals surface area contributed by atoms with Crippen molar-refractivity contribution in [3.63, 3.8) is 0 Å². The highest BCUT2D eigenvalue weighted by atomic mass is 35.5. The van der Waals surface area contributed by atoms with Gasteiger partial charge in [-0.25, -0.2) is 4.98 Å². The van der Waals surface area contributed by atoms with Crippen LogP contribution in [-0.4, -0.2) is 36.1 Å². The minimum absolute atomic E-state index is 0.789. The Kier molecular flexibility index (Phi) is 3.39. The van der Waals surface area contributed by atoms with Crippen LogP contribution < -0.4 is 9.80 Å². The van der Waals surface area contributed by atoms with Gasteiger partial charge < -0.3 is 14.8 Å². The molecule has 0 spiro atoms. The van der Waals surface area contributed by atoms with Crippen molar-refractivity contribution in [2.75, 3.05) is 36.0 Å². The molecule has 2 heterocycles. The van der Waals surface area contributed by atoms with Crippen molar-refractivity contribution in [2.45, 2.75) is 0 Å². The number of rotatable bonds is 2. The SMILES string of the molecule is Clc1cccc(N2CCN(c3nc4ccccc4[nH]3)CC2)c1. The van der Waals surface area contributed by atoms with E-state index in [-0.39, 0.29) is 0 Å². The topological polar surface area (TPSA) is 35.2 Å². The lowest BCUT2D eigenvalue weighted by atomic mass is 10.2. The summed E-state index contributed by atoms with van der Waals surface area (Å²) in [5.74, 6) is 0.965. The molecule has 0 saturated carbocycles. The summed E-state index contributed by atoms with van der Waals surface area (Å²) in [5.41, 5.74) is 3.31. The van der Waals surface area contributed by atoms with E-state index in [1.165, 1.54) is 5.69 Å². The van der Waals surface area contributed by atoms with Crippen LogP contribution in [0.1, 0.15) is 0 Å². The second-order valence-electron chi connectivity index (χ2n) is 5.53. The lowest BCUT2D eigenvalue weighted by Gasteiger charge is -2.36. The molecule has 22 heavy (non-hydrogen) atoms. The van der Waals surface area contributed by atoms with Crippen molar-refractivity contribution in [1.29, 1.82) is 0 Å². The zero-order valence-corrected chi connectivity index (χ0v) is 12.9. The number of halogens is 1. The Morgan fingerprint density at radius 1 is 0.909 bits per heavy atom. The average Bonchev–Trinajstić information content (AvgIpc) is 2.99. The number of anilines is 2. The first-order valence-electron chi connectivity index (χ1n) is 7.50. The van der Waals surface area contributed by atoms with Crippen molar-refractivity contribution < 1.29 is 0 Å². The van der Waals surface area contributed by atoms with E-state index in [1.807, 2.05) is 36.4 Å². The van der Waals surface area contributed by atoms with Crippen molar-refractivity contribution >= 4 is 34.3 Å².